The number of nitrogens with zero attached hydrogens (tertiary/aromatic N) is 3. The summed E-state index contributed by atoms with van der Waals surface area (Å²) in [6.45, 7) is 3.83. The van der Waals surface area contributed by atoms with Crippen molar-refractivity contribution in [2.75, 3.05) is 24.7 Å². The van der Waals surface area contributed by atoms with E-state index >= 15 is 0 Å². The summed E-state index contributed by atoms with van der Waals surface area (Å²) in [5, 5.41) is 0.672. The van der Waals surface area contributed by atoms with Gasteiger partial charge in [0.2, 0.25) is 0 Å². The number of benzene rings is 2. The Labute approximate surface area is 188 Å². The highest BCUT2D eigenvalue weighted by atomic mass is 35.5. The molecule has 4 aromatic rings. The monoisotopic (exact) mass is 448 g/mol. The number of aromatic nitrogens is 3. The number of carbonyl (C=O) groups is 1. The van der Waals surface area contributed by atoms with E-state index in [-0.39, 0.29) is 17.4 Å². The molecule has 0 spiro atoms. The number of hydrogen-bond donors (Lipinski definition) is 1. The maximum Gasteiger partial charge on any atom is 0.274 e. The van der Waals surface area contributed by atoms with Gasteiger partial charge in [0.25, 0.3) is 11.5 Å². The lowest BCUT2D eigenvalue weighted by Gasteiger charge is -2.19. The van der Waals surface area contributed by atoms with Crippen molar-refractivity contribution in [3.8, 4) is 0 Å². The zero-order valence-corrected chi connectivity index (χ0v) is 18.3. The van der Waals surface area contributed by atoms with Crippen molar-refractivity contribution in [3.63, 3.8) is 0 Å². The number of amides is 1. The van der Waals surface area contributed by atoms with Gasteiger partial charge in [0.05, 0.1) is 23.8 Å². The van der Waals surface area contributed by atoms with Gasteiger partial charge in [-0.1, -0.05) is 11.6 Å². The molecule has 162 valence electrons. The van der Waals surface area contributed by atoms with Gasteiger partial charge in [-0.15, -0.1) is 0 Å². The molecule has 2 aliphatic rings. The number of halogens is 1. The molecule has 7 nitrogen and oxygen atoms in total. The highest BCUT2D eigenvalue weighted by Crippen LogP contribution is 2.33. The Morgan fingerprint density at radius 3 is 2.94 bits per heavy atom. The van der Waals surface area contributed by atoms with E-state index in [1.807, 2.05) is 29.5 Å². The van der Waals surface area contributed by atoms with Gasteiger partial charge in [0, 0.05) is 35.3 Å². The minimum Gasteiger partial charge on any atom is -0.381 e. The summed E-state index contributed by atoms with van der Waals surface area (Å²) in [5.41, 5.74) is 5.11. The molecule has 0 aliphatic carbocycles. The standard InChI is InChI=1S/C24H21ClN4O3/c1-13-8-20-18(27-23(30)21-11-26-22(29(20)21)15-5-7-32-12-15)10-17(13)24(31)28-6-4-14-9-16(25)2-3-19(14)28/h2-3,8-11,15H,4-7,12H2,1H3,(H,27,30). The molecule has 0 bridgehead atoms. The molecule has 32 heavy (non-hydrogen) atoms. The molecule has 1 fully saturated rings. The van der Waals surface area contributed by atoms with Crippen LogP contribution in [0.4, 0.5) is 5.69 Å². The van der Waals surface area contributed by atoms with Crippen LogP contribution >= 0.6 is 11.6 Å². The molecule has 4 heterocycles. The fourth-order valence-corrected chi connectivity index (χ4v) is 5.12. The first-order chi connectivity index (χ1) is 15.5. The van der Waals surface area contributed by atoms with Crippen molar-refractivity contribution in [1.29, 1.82) is 0 Å². The van der Waals surface area contributed by atoms with Gasteiger partial charge in [-0.25, -0.2) is 4.98 Å². The fourth-order valence-electron chi connectivity index (χ4n) is 4.93. The topological polar surface area (TPSA) is 79.7 Å². The predicted octanol–water partition coefficient (Wildman–Crippen LogP) is 3.84. The number of aromatic amines is 1. The molecule has 1 amide bonds. The number of aryl methyl sites for hydroxylation is 1. The third kappa shape index (κ3) is 2.88. The number of carbonyl (C=O) groups excluding carboxylic acids is 1. The van der Waals surface area contributed by atoms with Crippen molar-refractivity contribution >= 4 is 39.7 Å². The van der Waals surface area contributed by atoms with Crippen LogP contribution in [0.3, 0.4) is 0 Å². The quantitative estimate of drug-likeness (QED) is 0.505. The molecule has 2 aromatic heterocycles. The first-order valence-electron chi connectivity index (χ1n) is 10.7. The van der Waals surface area contributed by atoms with Crippen molar-refractivity contribution in [1.82, 2.24) is 14.4 Å². The molecule has 1 N–H and O–H groups in total. The number of anilines is 1. The first-order valence-corrected chi connectivity index (χ1v) is 11.1. The molecular weight excluding hydrogens is 428 g/mol. The van der Waals surface area contributed by atoms with Gasteiger partial charge in [0.1, 0.15) is 11.3 Å². The summed E-state index contributed by atoms with van der Waals surface area (Å²) in [4.78, 5) is 35.6. The SMILES string of the molecule is Cc1cc2c(cc1C(=O)N1CCc3cc(Cl)ccc31)[nH]c(=O)c1cnc(C3CCOC3)n12. The van der Waals surface area contributed by atoms with Crippen LogP contribution in [0.25, 0.3) is 16.6 Å². The van der Waals surface area contributed by atoms with Gasteiger partial charge in [-0.3, -0.25) is 14.0 Å². The Hall–Kier alpha value is -3.16. The Bertz CT molecular complexity index is 1470. The van der Waals surface area contributed by atoms with Gasteiger partial charge < -0.3 is 14.6 Å². The maximum atomic E-state index is 13.5. The molecule has 0 saturated carbocycles. The van der Waals surface area contributed by atoms with Crippen LogP contribution < -0.4 is 10.5 Å². The van der Waals surface area contributed by atoms with E-state index in [1.54, 1.807) is 23.2 Å². The van der Waals surface area contributed by atoms with Gasteiger partial charge >= 0.3 is 0 Å². The van der Waals surface area contributed by atoms with Crippen LogP contribution in [0, 0.1) is 6.92 Å². The summed E-state index contributed by atoms with van der Waals surface area (Å²) in [6.07, 6.45) is 3.27. The largest absolute Gasteiger partial charge is 0.381 e. The molecule has 8 heteroatoms. The molecule has 6 rings (SSSR count). The van der Waals surface area contributed by atoms with E-state index in [2.05, 4.69) is 9.97 Å². The predicted molar refractivity (Wildman–Crippen MR) is 123 cm³/mol. The lowest BCUT2D eigenvalue weighted by atomic mass is 10.0. The van der Waals surface area contributed by atoms with Gasteiger partial charge in [-0.2, -0.15) is 0 Å². The molecule has 2 aromatic carbocycles. The highest BCUT2D eigenvalue weighted by molar-refractivity contribution is 6.30. The van der Waals surface area contributed by atoms with Crippen molar-refractivity contribution in [2.24, 2.45) is 0 Å². The average molecular weight is 449 g/mol. The van der Waals surface area contributed by atoms with E-state index < -0.39 is 0 Å². The summed E-state index contributed by atoms with van der Waals surface area (Å²) in [7, 11) is 0. The number of hydrogen-bond acceptors (Lipinski definition) is 4. The third-order valence-electron chi connectivity index (χ3n) is 6.56. The van der Waals surface area contributed by atoms with E-state index in [0.717, 1.165) is 41.0 Å². The average Bonchev–Trinajstić information content (AvgIpc) is 3.52. The maximum absolute atomic E-state index is 13.5. The minimum absolute atomic E-state index is 0.0820. The van der Waals surface area contributed by atoms with E-state index in [0.29, 0.717) is 41.4 Å². The van der Waals surface area contributed by atoms with E-state index in [9.17, 15) is 9.59 Å². The number of imidazole rings is 1. The lowest BCUT2D eigenvalue weighted by Crippen LogP contribution is -2.29. The summed E-state index contributed by atoms with van der Waals surface area (Å²) >= 11 is 6.12. The van der Waals surface area contributed by atoms with E-state index in [1.165, 1.54) is 0 Å². The molecule has 1 saturated heterocycles. The van der Waals surface area contributed by atoms with Crippen LogP contribution in [0.1, 0.15) is 39.6 Å². The van der Waals surface area contributed by atoms with Gasteiger partial charge in [0.15, 0.2) is 0 Å². The van der Waals surface area contributed by atoms with Crippen molar-refractivity contribution < 1.29 is 9.53 Å². The molecule has 2 aliphatic heterocycles. The minimum atomic E-state index is -0.224. The lowest BCUT2D eigenvalue weighted by molar-refractivity contribution is 0.0989. The smallest absolute Gasteiger partial charge is 0.274 e. The Kier molecular flexibility index (Phi) is 4.38. The zero-order chi connectivity index (χ0) is 22.0. The van der Waals surface area contributed by atoms with Crippen LogP contribution in [-0.2, 0) is 11.2 Å². The molecular formula is C24H21ClN4O3. The van der Waals surface area contributed by atoms with Crippen LogP contribution in [0.2, 0.25) is 5.02 Å². The number of fused-ring (bicyclic) bond motifs is 4. The van der Waals surface area contributed by atoms with Crippen molar-refractivity contribution in [3.05, 3.63) is 74.4 Å². The van der Waals surface area contributed by atoms with Crippen LogP contribution in [0.15, 0.2) is 41.3 Å². The van der Waals surface area contributed by atoms with Gasteiger partial charge in [-0.05, 0) is 61.2 Å². The van der Waals surface area contributed by atoms with E-state index in [4.69, 9.17) is 16.3 Å². The summed E-state index contributed by atoms with van der Waals surface area (Å²) in [5.74, 6) is 0.899. The van der Waals surface area contributed by atoms with Crippen molar-refractivity contribution in [2.45, 2.75) is 25.7 Å². The Morgan fingerprint density at radius 1 is 1.25 bits per heavy atom. The molecule has 0 radical (unpaired) electrons. The first kappa shape index (κ1) is 19.5. The molecule has 1 unspecified atom stereocenters. The third-order valence-corrected chi connectivity index (χ3v) is 6.80. The zero-order valence-electron chi connectivity index (χ0n) is 17.5. The number of nitrogens with one attached hydrogen (secondary N) is 1. The van der Waals surface area contributed by atoms with Crippen LogP contribution in [0.5, 0.6) is 0 Å². The number of H-pyrrole nitrogens is 1. The summed E-state index contributed by atoms with van der Waals surface area (Å²) < 4.78 is 7.46. The van der Waals surface area contributed by atoms with Crippen LogP contribution in [-0.4, -0.2) is 40.0 Å². The fraction of sp³-hybridized carbons (Fsp3) is 0.292. The second kappa shape index (κ2) is 7.18. The highest BCUT2D eigenvalue weighted by Gasteiger charge is 2.28. The second-order valence-corrected chi connectivity index (χ2v) is 8.95. The summed E-state index contributed by atoms with van der Waals surface area (Å²) in [6, 6.07) is 9.37. The number of rotatable bonds is 2. The molecule has 1 atom stereocenters. The number of ether oxygens (including phenoxy) is 1. The second-order valence-electron chi connectivity index (χ2n) is 8.52. The Morgan fingerprint density at radius 2 is 2.12 bits per heavy atom. The normalized spacial score (nSPS) is 18.1. The Balaban J connectivity index is 1.49.